The van der Waals surface area contributed by atoms with E-state index in [1.807, 2.05) is 36.4 Å². The van der Waals surface area contributed by atoms with Crippen LogP contribution in [0.15, 0.2) is 121 Å². The molecule has 0 bridgehead atoms. The molecule has 0 radical (unpaired) electrons. The van der Waals surface area contributed by atoms with E-state index in [2.05, 4.69) is 113 Å². The monoisotopic (exact) mass is 736 g/mol. The van der Waals surface area contributed by atoms with Crippen molar-refractivity contribution in [2.75, 3.05) is 0 Å². The molecule has 0 amide bonds. The summed E-state index contributed by atoms with van der Waals surface area (Å²) >= 11 is 13.3. The van der Waals surface area contributed by atoms with Gasteiger partial charge in [-0.3, -0.25) is 6.08 Å². The second-order valence-corrected chi connectivity index (χ2v) is 13.7. The van der Waals surface area contributed by atoms with Crippen LogP contribution < -0.4 is 24.8 Å². The summed E-state index contributed by atoms with van der Waals surface area (Å²) < 4.78 is 1.26. The van der Waals surface area contributed by atoms with Crippen molar-refractivity contribution in [1.82, 2.24) is 0 Å². The summed E-state index contributed by atoms with van der Waals surface area (Å²) in [4.78, 5) is 0. The fraction of sp³-hybridized carbons (Fsp3) is 0.231. The molecule has 1 unspecified atom stereocenters. The number of rotatable bonds is 5. The van der Waals surface area contributed by atoms with Gasteiger partial charge in [0.25, 0.3) is 0 Å². The van der Waals surface area contributed by atoms with Gasteiger partial charge in [-0.15, -0.1) is 39.7 Å². The molecule has 0 aromatic heterocycles. The standard InChI is InChI=1S/C13H8Cl2.C13H9.C13H21.2ClH.Zr/c14-12-5-1-3-10(8-12)7-11-4-2-6-13(15)9-11;1-3-7-12-10(5-1)9-11-6-2-4-8-13(11)12;1-5-6-7-11-8-9-12(10-11)13(2,3)4;;;/h1-6,8-9H;1-9H;9-11H,5-7H2,1-4H3;2*1H;/q;2*-1;;;+2/p-2. The zero-order valence-electron chi connectivity index (χ0n) is 25.7. The molecule has 0 saturated heterocycles. The number of hydrogen-bond donors (Lipinski definition) is 0. The Labute approximate surface area is 301 Å². The van der Waals surface area contributed by atoms with E-state index in [1.54, 1.807) is 0 Å². The van der Waals surface area contributed by atoms with Gasteiger partial charge in [-0.25, -0.2) is 6.08 Å². The molecule has 0 heterocycles. The minimum atomic E-state index is 0. The van der Waals surface area contributed by atoms with Crippen molar-refractivity contribution in [3.63, 3.8) is 0 Å². The molecule has 6 rings (SSSR count). The van der Waals surface area contributed by atoms with Crippen molar-refractivity contribution in [1.29, 1.82) is 0 Å². The summed E-state index contributed by atoms with van der Waals surface area (Å²) in [6, 6.07) is 35.1. The first-order chi connectivity index (χ1) is 20.2. The Hall–Kier alpha value is -1.86. The van der Waals surface area contributed by atoms with E-state index in [1.165, 1.54) is 73.8 Å². The molecular weight excluding hydrogens is 701 g/mol. The van der Waals surface area contributed by atoms with Crippen molar-refractivity contribution >= 4 is 48.0 Å². The van der Waals surface area contributed by atoms with Gasteiger partial charge in [0.05, 0.1) is 0 Å². The molecule has 5 aromatic carbocycles. The quantitative estimate of drug-likeness (QED) is 0.195. The average Bonchev–Trinajstić information content (AvgIpc) is 3.62. The minimum Gasteiger partial charge on any atom is -1.00 e. The van der Waals surface area contributed by atoms with Gasteiger partial charge in [-0.05, 0) is 0 Å². The van der Waals surface area contributed by atoms with Gasteiger partial charge in [0, 0.05) is 0 Å². The Bertz CT molecular complexity index is 1610. The number of halogens is 4. The Balaban J connectivity index is 0.000000227. The molecule has 5 aromatic rings. The van der Waals surface area contributed by atoms with Crippen LogP contribution >= 0.6 is 23.2 Å². The van der Waals surface area contributed by atoms with Crippen molar-refractivity contribution in [3.05, 3.63) is 148 Å². The minimum absolute atomic E-state index is 0. The smallest absolute Gasteiger partial charge is 0.0771 e. The fourth-order valence-electron chi connectivity index (χ4n) is 4.93. The maximum Gasteiger partial charge on any atom is -0.0771 e. The van der Waals surface area contributed by atoms with E-state index in [0.717, 1.165) is 21.2 Å². The van der Waals surface area contributed by atoms with Gasteiger partial charge >= 0.3 is 120 Å². The van der Waals surface area contributed by atoms with E-state index in [4.69, 9.17) is 23.2 Å². The van der Waals surface area contributed by atoms with Crippen LogP contribution in [0.25, 0.3) is 21.5 Å². The van der Waals surface area contributed by atoms with Crippen molar-refractivity contribution in [2.45, 2.75) is 47.0 Å². The van der Waals surface area contributed by atoms with Crippen LogP contribution in [-0.2, 0) is 24.2 Å². The van der Waals surface area contributed by atoms with Gasteiger partial charge in [-0.2, -0.15) is 11.6 Å². The first kappa shape index (κ1) is 38.3. The molecule has 1 atom stereocenters. The third-order valence-electron chi connectivity index (χ3n) is 7.32. The summed E-state index contributed by atoms with van der Waals surface area (Å²) in [5.74, 6) is 0.592. The van der Waals surface area contributed by atoms with Gasteiger partial charge in [0.15, 0.2) is 0 Å². The summed E-state index contributed by atoms with van der Waals surface area (Å²) in [5.41, 5.74) is 4.07. The number of allylic oxidation sites excluding steroid dienone is 4. The third kappa shape index (κ3) is 10.9. The van der Waals surface area contributed by atoms with Gasteiger partial charge in [-0.1, -0.05) is 94.7 Å². The van der Waals surface area contributed by atoms with Crippen LogP contribution in [0.3, 0.4) is 0 Å². The van der Waals surface area contributed by atoms with Crippen molar-refractivity contribution < 1.29 is 49.0 Å². The molecule has 0 spiro atoms. The molecule has 228 valence electrons. The van der Waals surface area contributed by atoms with Crippen LogP contribution in [0, 0.1) is 17.4 Å². The second-order valence-electron chi connectivity index (χ2n) is 11.6. The normalized spacial score (nSPS) is 13.5. The maximum absolute atomic E-state index is 5.98. The summed E-state index contributed by atoms with van der Waals surface area (Å²) in [6.45, 7) is 9.03. The Morgan fingerprint density at radius 2 is 1.27 bits per heavy atom. The third-order valence-corrected chi connectivity index (χ3v) is 9.21. The molecule has 0 nitrogen and oxygen atoms in total. The van der Waals surface area contributed by atoms with E-state index in [-0.39, 0.29) is 24.8 Å². The summed E-state index contributed by atoms with van der Waals surface area (Å²) in [6.07, 6.45) is 11.9. The predicted octanol–water partition coefficient (Wildman–Crippen LogP) is 5.97. The zero-order valence-corrected chi connectivity index (χ0v) is 31.2. The Morgan fingerprint density at radius 3 is 1.70 bits per heavy atom. The first-order valence-corrected chi connectivity index (χ1v) is 16.6. The van der Waals surface area contributed by atoms with E-state index in [9.17, 15) is 0 Å². The molecular formula is C39H38Cl4Zr-2. The number of benzene rings is 4. The Kier molecular flexibility index (Phi) is 16.0. The van der Waals surface area contributed by atoms with Crippen molar-refractivity contribution in [3.8, 4) is 0 Å². The number of unbranched alkanes of at least 4 members (excludes halogenated alkanes) is 1. The van der Waals surface area contributed by atoms with E-state index >= 15 is 0 Å². The van der Waals surface area contributed by atoms with E-state index < -0.39 is 0 Å². The first-order valence-electron chi connectivity index (χ1n) is 14.6. The molecule has 0 aliphatic heterocycles. The summed E-state index contributed by atoms with van der Waals surface area (Å²) in [7, 11) is 0. The zero-order chi connectivity index (χ0) is 30.1. The molecule has 0 fully saturated rings. The predicted molar refractivity (Wildman–Crippen MR) is 182 cm³/mol. The SMILES string of the molecule is CCCCC1[C-]=CC(C(C)(C)C)=C1.Clc1cccc([C](=[Zr+2])c2cccc(Cl)c2)c1.[Cl-].[Cl-].c1ccc2c(c1)[cH-]c1ccccc12. The van der Waals surface area contributed by atoms with E-state index in [0.29, 0.717) is 11.3 Å². The van der Waals surface area contributed by atoms with Crippen LogP contribution in [0.5, 0.6) is 0 Å². The van der Waals surface area contributed by atoms with Crippen molar-refractivity contribution in [2.24, 2.45) is 11.3 Å². The molecule has 5 heteroatoms. The van der Waals surface area contributed by atoms with Gasteiger partial charge in [0.1, 0.15) is 0 Å². The molecule has 44 heavy (non-hydrogen) atoms. The fourth-order valence-corrected chi connectivity index (χ4v) is 6.07. The number of fused-ring (bicyclic) bond motifs is 3. The molecule has 1 aliphatic carbocycles. The van der Waals surface area contributed by atoms with Crippen LogP contribution in [-0.4, -0.2) is 3.21 Å². The largest absolute Gasteiger partial charge is 1.00 e. The van der Waals surface area contributed by atoms with Crippen LogP contribution in [0.4, 0.5) is 0 Å². The molecule has 1 aliphatic rings. The summed E-state index contributed by atoms with van der Waals surface area (Å²) in [5, 5.41) is 6.92. The molecule has 0 saturated carbocycles. The van der Waals surface area contributed by atoms with Crippen LogP contribution in [0.1, 0.15) is 58.1 Å². The average molecular weight is 740 g/mol. The maximum atomic E-state index is 5.98. The number of hydrogen-bond acceptors (Lipinski definition) is 0. The van der Waals surface area contributed by atoms with Crippen LogP contribution in [0.2, 0.25) is 10.0 Å². The Morgan fingerprint density at radius 1 is 0.773 bits per heavy atom. The van der Waals surface area contributed by atoms with Gasteiger partial charge in [0.2, 0.25) is 0 Å². The molecule has 0 N–H and O–H groups in total. The topological polar surface area (TPSA) is 0 Å². The van der Waals surface area contributed by atoms with Gasteiger partial charge < -0.3 is 24.8 Å². The second kappa shape index (κ2) is 18.3.